The minimum absolute atomic E-state index is 0.209. The molecule has 1 spiro atoms. The van der Waals surface area contributed by atoms with Crippen LogP contribution in [0.5, 0.6) is 5.88 Å². The number of anilines is 5. The Morgan fingerprint density at radius 1 is 0.809 bits per heavy atom. The average molecular weight is 908 g/mol. The Morgan fingerprint density at radius 2 is 1.54 bits per heavy atom. The molecule has 8 heterocycles. The van der Waals surface area contributed by atoms with Gasteiger partial charge in [0.25, 0.3) is 0 Å². The van der Waals surface area contributed by atoms with E-state index in [9.17, 15) is 9.59 Å². The molecule has 4 saturated heterocycles. The Kier molecular flexibility index (Phi) is 10.7. The molecule has 5 aliphatic heterocycles. The number of aryl methyl sites for hydroxylation is 1. The van der Waals surface area contributed by atoms with Crippen LogP contribution in [0, 0.1) is 18.3 Å². The minimum atomic E-state index is -0.404. The van der Waals surface area contributed by atoms with Crippen molar-refractivity contribution in [2.24, 2.45) is 18.4 Å². The summed E-state index contributed by atoms with van der Waals surface area (Å²) < 4.78 is 7.59. The molecular weight excluding hydrogens is 851 g/mol. The number of benzene rings is 4. The Morgan fingerprint density at radius 3 is 2.32 bits per heavy atom. The number of carbonyl (C=O) groups excluding carboxylic acids is 2. The minimum Gasteiger partial charge on any atom is -0.474 e. The number of nitrogens with zero attached hydrogens (tertiary/aromatic N) is 8. The molecule has 4 fully saturated rings. The van der Waals surface area contributed by atoms with E-state index >= 15 is 0 Å². The first kappa shape index (κ1) is 42.3. The van der Waals surface area contributed by atoms with Crippen LogP contribution in [0.4, 0.5) is 28.7 Å². The van der Waals surface area contributed by atoms with E-state index in [2.05, 4.69) is 132 Å². The summed E-state index contributed by atoms with van der Waals surface area (Å²) in [6.45, 7) is 11.6. The zero-order valence-corrected chi connectivity index (χ0v) is 38.8. The molecule has 0 bridgehead atoms. The Labute approximate surface area is 396 Å². The van der Waals surface area contributed by atoms with Crippen molar-refractivity contribution in [1.82, 2.24) is 34.9 Å². The Hall–Kier alpha value is -7.06. The molecule has 68 heavy (non-hydrogen) atoms. The summed E-state index contributed by atoms with van der Waals surface area (Å²) in [5, 5.41) is 16.0. The summed E-state index contributed by atoms with van der Waals surface area (Å²) >= 11 is 0. The van der Waals surface area contributed by atoms with Crippen LogP contribution < -0.4 is 30.5 Å². The van der Waals surface area contributed by atoms with Crippen LogP contribution in [0.3, 0.4) is 0 Å². The van der Waals surface area contributed by atoms with Gasteiger partial charge in [0.05, 0.1) is 22.6 Å². The van der Waals surface area contributed by atoms with E-state index in [1.807, 2.05) is 24.1 Å². The van der Waals surface area contributed by atoms with Crippen LogP contribution >= 0.6 is 0 Å². The summed E-state index contributed by atoms with van der Waals surface area (Å²) in [6, 6.07) is 30.3. The third-order valence-electron chi connectivity index (χ3n) is 15.4. The number of ether oxygens (including phenoxy) is 1. The number of carbonyl (C=O) groups is 2. The molecule has 14 nitrogen and oxygen atoms in total. The Balaban J connectivity index is 0.599. The van der Waals surface area contributed by atoms with Gasteiger partial charge in [-0.3, -0.25) is 19.6 Å². The van der Waals surface area contributed by atoms with Gasteiger partial charge in [0.2, 0.25) is 23.6 Å². The molecule has 12 rings (SSSR count). The molecule has 3 N–H and O–H groups in total. The van der Waals surface area contributed by atoms with E-state index in [1.54, 1.807) is 0 Å². The second kappa shape index (κ2) is 17.2. The lowest BCUT2D eigenvalue weighted by molar-refractivity contribution is -0.134. The highest BCUT2D eigenvalue weighted by molar-refractivity contribution is 6.02. The monoisotopic (exact) mass is 907 g/mol. The zero-order chi connectivity index (χ0) is 45.9. The highest BCUT2D eigenvalue weighted by atomic mass is 16.5. The Bertz CT molecular complexity index is 3050. The highest BCUT2D eigenvalue weighted by Crippen LogP contribution is 2.43. The lowest BCUT2D eigenvalue weighted by Crippen LogP contribution is -2.61. The van der Waals surface area contributed by atoms with Gasteiger partial charge < -0.3 is 30.1 Å². The van der Waals surface area contributed by atoms with Gasteiger partial charge in [-0.05, 0) is 121 Å². The van der Waals surface area contributed by atoms with Crippen LogP contribution in [0.25, 0.3) is 44.1 Å². The largest absolute Gasteiger partial charge is 0.474 e. The van der Waals surface area contributed by atoms with Crippen LogP contribution in [-0.2, 0) is 16.6 Å². The summed E-state index contributed by atoms with van der Waals surface area (Å²) in [6.07, 6.45) is 9.55. The molecule has 1 atom stereocenters. The molecule has 4 aromatic carbocycles. The lowest BCUT2D eigenvalue weighted by Gasteiger charge is -2.55. The molecule has 7 aromatic rings. The number of aromatic nitrogens is 5. The molecule has 14 heteroatoms. The van der Waals surface area contributed by atoms with Crippen molar-refractivity contribution in [3.63, 3.8) is 0 Å². The second-order valence-corrected chi connectivity index (χ2v) is 19.8. The van der Waals surface area contributed by atoms with Crippen molar-refractivity contribution in [3.8, 4) is 28.1 Å². The SMILES string of the molecule is Cc1c(-c2ccc3cnc(Nc4ccc(N5CCC6(CC5)CN(CC5CCN(c7ccc(-c8ccc9c(C%10CCC(=O)NC%10=O)nn(C)c9c8)cc7)CC5)C6)cc4)nc3c2)cnc2c1NCCO2. The second-order valence-electron chi connectivity index (χ2n) is 19.8. The van der Waals surface area contributed by atoms with Crippen molar-refractivity contribution in [2.45, 2.75) is 51.4 Å². The third kappa shape index (κ3) is 8.03. The number of likely N-dealkylation sites (tertiary alicyclic amines) is 1. The van der Waals surface area contributed by atoms with Gasteiger partial charge in [0.1, 0.15) is 12.3 Å². The maximum absolute atomic E-state index is 12.6. The quantitative estimate of drug-likeness (QED) is 0.120. The maximum atomic E-state index is 12.6. The molecule has 346 valence electrons. The number of piperidine rings is 3. The predicted molar refractivity (Wildman–Crippen MR) is 268 cm³/mol. The number of hydrogen-bond acceptors (Lipinski definition) is 12. The molecule has 3 aromatic heterocycles. The fourth-order valence-corrected chi connectivity index (χ4v) is 11.5. The number of amides is 2. The molecule has 5 aliphatic rings. The molecule has 0 aliphatic carbocycles. The van der Waals surface area contributed by atoms with Gasteiger partial charge in [-0.2, -0.15) is 5.10 Å². The summed E-state index contributed by atoms with van der Waals surface area (Å²) in [5.41, 5.74) is 13.1. The molecule has 0 radical (unpaired) electrons. The van der Waals surface area contributed by atoms with Gasteiger partial charge in [-0.25, -0.2) is 15.0 Å². The van der Waals surface area contributed by atoms with Crippen molar-refractivity contribution in [1.29, 1.82) is 0 Å². The molecule has 2 amide bonds. The van der Waals surface area contributed by atoms with Crippen molar-refractivity contribution < 1.29 is 14.3 Å². The van der Waals surface area contributed by atoms with E-state index in [4.69, 9.17) is 14.8 Å². The molecule has 0 saturated carbocycles. The first-order valence-electron chi connectivity index (χ1n) is 24.3. The van der Waals surface area contributed by atoms with E-state index in [-0.39, 0.29) is 11.8 Å². The lowest BCUT2D eigenvalue weighted by atomic mass is 9.71. The standard InChI is InChI=1S/C54H57N11O3/c1-34-45(30-56-52-49(34)55-21-26-68-52)38-3-4-39-29-57-53(59-46(39)27-38)58-40-8-12-42(13-9-40)65-24-19-54(20-25-65)32-63(33-54)31-35-17-22-64(23-18-35)41-10-5-36(6-11-41)37-7-14-43-47(28-37)62(2)61-50(43)44-15-16-48(66)60-51(44)67/h3-14,27-30,35,44,55H,15-26,31-33H2,1-2H3,(H,57,58,59)(H,60,66,67). The summed E-state index contributed by atoms with van der Waals surface area (Å²) in [5.74, 6) is 1.12. The van der Waals surface area contributed by atoms with Gasteiger partial charge in [-0.1, -0.05) is 36.4 Å². The van der Waals surface area contributed by atoms with Crippen molar-refractivity contribution >= 4 is 62.3 Å². The number of nitrogens with one attached hydrogen (secondary N) is 3. The van der Waals surface area contributed by atoms with E-state index < -0.39 is 5.92 Å². The van der Waals surface area contributed by atoms with Crippen LogP contribution in [0.15, 0.2) is 97.3 Å². The van der Waals surface area contributed by atoms with Crippen molar-refractivity contribution in [3.05, 3.63) is 109 Å². The summed E-state index contributed by atoms with van der Waals surface area (Å²) in [7, 11) is 1.92. The fourth-order valence-electron chi connectivity index (χ4n) is 11.5. The van der Waals surface area contributed by atoms with E-state index in [1.165, 1.54) is 56.7 Å². The van der Waals surface area contributed by atoms with Gasteiger partial charge >= 0.3 is 0 Å². The van der Waals surface area contributed by atoms with Crippen LogP contribution in [-0.4, -0.2) is 100 Å². The smallest absolute Gasteiger partial charge is 0.237 e. The van der Waals surface area contributed by atoms with E-state index in [0.717, 1.165) is 105 Å². The zero-order valence-electron chi connectivity index (χ0n) is 38.8. The van der Waals surface area contributed by atoms with Crippen LogP contribution in [0.2, 0.25) is 0 Å². The van der Waals surface area contributed by atoms with Crippen molar-refractivity contribution in [2.75, 3.05) is 79.4 Å². The fraction of sp³-hybridized carbons (Fsp3) is 0.370. The normalized spacial score (nSPS) is 19.6. The third-order valence-corrected chi connectivity index (χ3v) is 15.4. The number of hydrogen-bond donors (Lipinski definition) is 3. The maximum Gasteiger partial charge on any atom is 0.237 e. The molecule has 1 unspecified atom stereocenters. The number of pyridine rings is 1. The first-order valence-corrected chi connectivity index (χ1v) is 24.3. The predicted octanol–water partition coefficient (Wildman–Crippen LogP) is 8.44. The van der Waals surface area contributed by atoms with Gasteiger partial charge in [0.15, 0.2) is 0 Å². The molecular formula is C54H57N11O3. The van der Waals surface area contributed by atoms with Crippen LogP contribution in [0.1, 0.15) is 55.7 Å². The first-order chi connectivity index (χ1) is 33.2. The highest BCUT2D eigenvalue weighted by Gasteiger charge is 2.45. The average Bonchev–Trinajstić information content (AvgIpc) is 3.69. The number of fused-ring (bicyclic) bond motifs is 3. The van der Waals surface area contributed by atoms with Gasteiger partial charge in [0, 0.05) is 112 Å². The van der Waals surface area contributed by atoms with E-state index in [0.29, 0.717) is 36.7 Å². The number of rotatable bonds is 9. The number of imide groups is 1. The van der Waals surface area contributed by atoms with Gasteiger partial charge in [-0.15, -0.1) is 0 Å². The summed E-state index contributed by atoms with van der Waals surface area (Å²) in [4.78, 5) is 46.2. The topological polar surface area (TPSA) is 146 Å².